The molecule has 1 aliphatic heterocycles. The van der Waals surface area contributed by atoms with Crippen molar-refractivity contribution in [1.82, 2.24) is 0 Å². The van der Waals surface area contributed by atoms with Crippen LogP contribution >= 0.6 is 11.8 Å². The number of rotatable bonds is 4. The summed E-state index contributed by atoms with van der Waals surface area (Å²) in [7, 11) is -0.489. The van der Waals surface area contributed by atoms with Crippen molar-refractivity contribution in [3.05, 3.63) is 47.4 Å². The SMILES string of the molecule is CC(=O)SCC(=Cc1ccc2cc(O)ccc2c1)B1OC(C)(C)C(C)(C)O1. The van der Waals surface area contributed by atoms with Crippen molar-refractivity contribution in [2.24, 2.45) is 0 Å². The summed E-state index contributed by atoms with van der Waals surface area (Å²) in [5.74, 6) is 0.765. The summed E-state index contributed by atoms with van der Waals surface area (Å²) in [5, 5.41) is 11.7. The van der Waals surface area contributed by atoms with E-state index in [0.717, 1.165) is 21.8 Å². The molecule has 0 amide bonds. The van der Waals surface area contributed by atoms with E-state index in [-0.39, 0.29) is 10.9 Å². The van der Waals surface area contributed by atoms with Crippen molar-refractivity contribution >= 4 is 40.8 Å². The standard InChI is InChI=1S/C21H25BO4S/c1-14(23)27-13-18(22-25-20(2,3)21(4,5)26-22)11-15-6-7-17-12-19(24)9-8-16(17)10-15/h6-12,24H,13H2,1-5H3. The van der Waals surface area contributed by atoms with Crippen LogP contribution < -0.4 is 0 Å². The monoisotopic (exact) mass is 384 g/mol. The van der Waals surface area contributed by atoms with Gasteiger partial charge in [-0.15, -0.1) is 0 Å². The summed E-state index contributed by atoms with van der Waals surface area (Å²) < 4.78 is 12.4. The van der Waals surface area contributed by atoms with Gasteiger partial charge in [0, 0.05) is 12.7 Å². The molecule has 1 aliphatic rings. The van der Waals surface area contributed by atoms with Gasteiger partial charge in [-0.25, -0.2) is 0 Å². The van der Waals surface area contributed by atoms with Crippen molar-refractivity contribution in [3.63, 3.8) is 0 Å². The van der Waals surface area contributed by atoms with E-state index in [1.165, 1.54) is 11.8 Å². The predicted octanol–water partition coefficient (Wildman–Crippen LogP) is 4.84. The Morgan fingerprint density at radius 3 is 2.30 bits per heavy atom. The fourth-order valence-corrected chi connectivity index (χ4v) is 3.50. The van der Waals surface area contributed by atoms with Gasteiger partial charge in [0.15, 0.2) is 5.12 Å². The molecule has 4 nitrogen and oxygen atoms in total. The third-order valence-electron chi connectivity index (χ3n) is 5.20. The Morgan fingerprint density at radius 2 is 1.67 bits per heavy atom. The molecule has 1 saturated heterocycles. The highest BCUT2D eigenvalue weighted by molar-refractivity contribution is 8.13. The van der Waals surface area contributed by atoms with E-state index < -0.39 is 18.3 Å². The second kappa shape index (κ2) is 7.34. The Balaban J connectivity index is 1.95. The molecule has 0 atom stereocenters. The zero-order valence-corrected chi connectivity index (χ0v) is 17.2. The number of thioether (sulfide) groups is 1. The van der Waals surface area contributed by atoms with E-state index in [9.17, 15) is 9.90 Å². The van der Waals surface area contributed by atoms with Crippen molar-refractivity contribution < 1.29 is 19.2 Å². The highest BCUT2D eigenvalue weighted by atomic mass is 32.2. The fraction of sp³-hybridized carbons (Fsp3) is 0.381. The van der Waals surface area contributed by atoms with Crippen molar-refractivity contribution in [2.75, 3.05) is 5.75 Å². The quantitative estimate of drug-likeness (QED) is 0.765. The maximum absolute atomic E-state index is 11.5. The van der Waals surface area contributed by atoms with Crippen LogP contribution in [0.25, 0.3) is 16.8 Å². The van der Waals surface area contributed by atoms with E-state index in [4.69, 9.17) is 9.31 Å². The van der Waals surface area contributed by atoms with Crippen LogP contribution in [0.5, 0.6) is 5.75 Å². The lowest BCUT2D eigenvalue weighted by Gasteiger charge is -2.32. The molecule has 3 rings (SSSR count). The van der Waals surface area contributed by atoms with Crippen molar-refractivity contribution in [2.45, 2.75) is 45.8 Å². The largest absolute Gasteiger partial charge is 0.508 e. The second-order valence-electron chi connectivity index (χ2n) is 7.88. The summed E-state index contributed by atoms with van der Waals surface area (Å²) in [5.41, 5.74) is 1.06. The van der Waals surface area contributed by atoms with Crippen LogP contribution in [0.4, 0.5) is 0 Å². The molecule has 27 heavy (non-hydrogen) atoms. The number of fused-ring (bicyclic) bond motifs is 1. The molecule has 1 fully saturated rings. The van der Waals surface area contributed by atoms with Gasteiger partial charge in [0.05, 0.1) is 11.2 Å². The number of hydrogen-bond acceptors (Lipinski definition) is 5. The first-order chi connectivity index (χ1) is 12.6. The predicted molar refractivity (Wildman–Crippen MR) is 113 cm³/mol. The molecule has 2 aromatic rings. The lowest BCUT2D eigenvalue weighted by atomic mass is 9.78. The van der Waals surface area contributed by atoms with Gasteiger partial charge in [0.25, 0.3) is 0 Å². The normalized spacial score (nSPS) is 18.9. The van der Waals surface area contributed by atoms with Crippen LogP contribution in [0.15, 0.2) is 41.9 Å². The molecule has 142 valence electrons. The average molecular weight is 384 g/mol. The minimum atomic E-state index is -0.489. The number of benzene rings is 2. The Morgan fingerprint density at radius 1 is 1.07 bits per heavy atom. The number of carbonyl (C=O) groups excluding carboxylic acids is 1. The van der Waals surface area contributed by atoms with Gasteiger partial charge >= 0.3 is 7.12 Å². The van der Waals surface area contributed by atoms with Crippen LogP contribution in [0.3, 0.4) is 0 Å². The minimum absolute atomic E-state index is 0.0615. The smallest absolute Gasteiger partial charge is 0.491 e. The number of phenolic OH excluding ortho intramolecular Hbond substituents is 1. The number of hydrogen-bond donors (Lipinski definition) is 1. The van der Waals surface area contributed by atoms with Gasteiger partial charge in [-0.05, 0) is 67.7 Å². The van der Waals surface area contributed by atoms with Crippen LogP contribution in [0, 0.1) is 0 Å². The summed E-state index contributed by atoms with van der Waals surface area (Å²) in [4.78, 5) is 11.5. The first kappa shape index (κ1) is 20.0. The number of carbonyl (C=O) groups is 1. The van der Waals surface area contributed by atoms with E-state index in [1.807, 2.05) is 52.0 Å². The first-order valence-corrected chi connectivity index (χ1v) is 9.98. The summed E-state index contributed by atoms with van der Waals surface area (Å²) in [6.45, 7) is 9.64. The third kappa shape index (κ3) is 4.40. The zero-order chi connectivity index (χ0) is 19.8. The molecule has 1 N–H and O–H groups in total. The molecule has 0 aliphatic carbocycles. The number of aromatic hydroxyl groups is 1. The Labute approximate surface area is 165 Å². The molecular formula is C21H25BO4S. The maximum Gasteiger partial charge on any atom is 0.491 e. The molecule has 0 bridgehead atoms. The second-order valence-corrected chi connectivity index (χ2v) is 9.03. The average Bonchev–Trinajstić information content (AvgIpc) is 2.79. The van der Waals surface area contributed by atoms with Gasteiger partial charge in [-0.2, -0.15) is 0 Å². The molecule has 1 heterocycles. The van der Waals surface area contributed by atoms with Gasteiger partial charge in [-0.3, -0.25) is 4.79 Å². The van der Waals surface area contributed by atoms with Crippen molar-refractivity contribution in [3.8, 4) is 5.75 Å². The molecule has 2 aromatic carbocycles. The Kier molecular flexibility index (Phi) is 5.44. The summed E-state index contributed by atoms with van der Waals surface area (Å²) in [6.07, 6.45) is 2.03. The Bertz CT molecular complexity index is 888. The molecule has 0 saturated carbocycles. The minimum Gasteiger partial charge on any atom is -0.508 e. The number of phenols is 1. The molecule has 0 unspecified atom stereocenters. The van der Waals surface area contributed by atoms with Gasteiger partial charge in [0.2, 0.25) is 0 Å². The van der Waals surface area contributed by atoms with Crippen LogP contribution in [-0.4, -0.2) is 34.3 Å². The third-order valence-corrected chi connectivity index (χ3v) is 6.08. The Hall–Kier alpha value is -1.76. The fourth-order valence-electron chi connectivity index (χ4n) is 2.91. The molecule has 6 heteroatoms. The van der Waals surface area contributed by atoms with Crippen molar-refractivity contribution in [1.29, 1.82) is 0 Å². The first-order valence-electron chi connectivity index (χ1n) is 9.00. The van der Waals surface area contributed by atoms with Gasteiger partial charge < -0.3 is 14.4 Å². The van der Waals surface area contributed by atoms with E-state index >= 15 is 0 Å². The highest BCUT2D eigenvalue weighted by Crippen LogP contribution is 2.39. The summed E-state index contributed by atoms with van der Waals surface area (Å²) >= 11 is 1.25. The lowest BCUT2D eigenvalue weighted by Crippen LogP contribution is -2.41. The molecule has 0 spiro atoms. The van der Waals surface area contributed by atoms with Crippen LogP contribution in [0.2, 0.25) is 0 Å². The molecular weight excluding hydrogens is 359 g/mol. The maximum atomic E-state index is 11.5. The highest BCUT2D eigenvalue weighted by Gasteiger charge is 2.52. The van der Waals surface area contributed by atoms with E-state index in [0.29, 0.717) is 5.75 Å². The van der Waals surface area contributed by atoms with Gasteiger partial charge in [0.1, 0.15) is 5.75 Å². The van der Waals surface area contributed by atoms with E-state index in [1.54, 1.807) is 19.1 Å². The van der Waals surface area contributed by atoms with Crippen LogP contribution in [-0.2, 0) is 14.1 Å². The topological polar surface area (TPSA) is 55.8 Å². The zero-order valence-electron chi connectivity index (χ0n) is 16.4. The lowest BCUT2D eigenvalue weighted by molar-refractivity contribution is -0.109. The van der Waals surface area contributed by atoms with Gasteiger partial charge in [-0.1, -0.05) is 36.0 Å². The van der Waals surface area contributed by atoms with E-state index in [2.05, 4.69) is 6.07 Å². The summed E-state index contributed by atoms with van der Waals surface area (Å²) in [6, 6.07) is 11.3. The van der Waals surface area contributed by atoms with Crippen LogP contribution in [0.1, 0.15) is 40.2 Å². The molecule has 0 aromatic heterocycles. The molecule has 0 radical (unpaired) electrons.